The summed E-state index contributed by atoms with van der Waals surface area (Å²) in [6, 6.07) is 3.32. The summed E-state index contributed by atoms with van der Waals surface area (Å²) in [5.41, 5.74) is 2.92. The van der Waals surface area contributed by atoms with E-state index in [2.05, 4.69) is 6.92 Å². The number of fused-ring (bicyclic) bond motifs is 1. The molecule has 1 aliphatic carbocycles. The molecule has 2 heteroatoms. The Labute approximate surface area is 77.2 Å². The first kappa shape index (κ1) is 8.30. The molecule has 1 aromatic carbocycles. The number of rotatable bonds is 1. The molecule has 0 aliphatic heterocycles. The summed E-state index contributed by atoms with van der Waals surface area (Å²) < 4.78 is 0. The standard InChI is InChI=1S/C11H12O2/c1-7-2-3-10-8(6-12)4-9(13)5-11(7)10/h4-7,13H,2-3H2,1H3. The van der Waals surface area contributed by atoms with Gasteiger partial charge in [0.15, 0.2) is 0 Å². The fourth-order valence-electron chi connectivity index (χ4n) is 2.05. The molecule has 0 amide bonds. The third-order valence-electron chi connectivity index (χ3n) is 2.79. The minimum atomic E-state index is 0.203. The highest BCUT2D eigenvalue weighted by atomic mass is 16.3. The van der Waals surface area contributed by atoms with Gasteiger partial charge in [0.25, 0.3) is 0 Å². The molecule has 0 aromatic heterocycles. The Hall–Kier alpha value is -1.31. The van der Waals surface area contributed by atoms with Crippen molar-refractivity contribution in [1.82, 2.24) is 0 Å². The fraction of sp³-hybridized carbons (Fsp3) is 0.364. The zero-order chi connectivity index (χ0) is 9.42. The van der Waals surface area contributed by atoms with E-state index >= 15 is 0 Å². The number of hydrogen-bond donors (Lipinski definition) is 1. The zero-order valence-corrected chi connectivity index (χ0v) is 7.58. The van der Waals surface area contributed by atoms with Crippen LogP contribution >= 0.6 is 0 Å². The van der Waals surface area contributed by atoms with Crippen LogP contribution in [0.1, 0.15) is 40.7 Å². The molecule has 1 unspecified atom stereocenters. The van der Waals surface area contributed by atoms with E-state index in [9.17, 15) is 9.90 Å². The third kappa shape index (κ3) is 1.22. The highest BCUT2D eigenvalue weighted by molar-refractivity contribution is 5.79. The summed E-state index contributed by atoms with van der Waals surface area (Å²) in [6.07, 6.45) is 2.88. The van der Waals surface area contributed by atoms with Gasteiger partial charge in [0.2, 0.25) is 0 Å². The number of phenolic OH excluding ortho intramolecular Hbond substituents is 1. The highest BCUT2D eigenvalue weighted by Gasteiger charge is 2.21. The number of aromatic hydroxyl groups is 1. The Kier molecular flexibility index (Phi) is 1.83. The molecule has 2 nitrogen and oxygen atoms in total. The van der Waals surface area contributed by atoms with Crippen LogP contribution in [0.3, 0.4) is 0 Å². The van der Waals surface area contributed by atoms with Crippen LogP contribution in [0.5, 0.6) is 5.75 Å². The summed E-state index contributed by atoms with van der Waals surface area (Å²) >= 11 is 0. The van der Waals surface area contributed by atoms with Gasteiger partial charge in [0, 0.05) is 5.56 Å². The molecule has 0 bridgehead atoms. The number of benzene rings is 1. The van der Waals surface area contributed by atoms with Crippen LogP contribution in [-0.2, 0) is 6.42 Å². The molecule has 68 valence electrons. The first-order chi connectivity index (χ1) is 6.22. The van der Waals surface area contributed by atoms with Crippen molar-refractivity contribution >= 4 is 6.29 Å². The van der Waals surface area contributed by atoms with Crippen LogP contribution in [-0.4, -0.2) is 11.4 Å². The average molecular weight is 176 g/mol. The third-order valence-corrected chi connectivity index (χ3v) is 2.79. The SMILES string of the molecule is CC1CCc2c(C=O)cc(O)cc21. The van der Waals surface area contributed by atoms with Gasteiger partial charge in [-0.05, 0) is 42.0 Å². The molecule has 1 aliphatic rings. The fourth-order valence-corrected chi connectivity index (χ4v) is 2.05. The molecule has 1 N–H and O–H groups in total. The second-order valence-electron chi connectivity index (χ2n) is 3.66. The first-order valence-electron chi connectivity index (χ1n) is 4.53. The van der Waals surface area contributed by atoms with Crippen LogP contribution in [0.25, 0.3) is 0 Å². The van der Waals surface area contributed by atoms with Gasteiger partial charge in [-0.25, -0.2) is 0 Å². The van der Waals surface area contributed by atoms with E-state index in [-0.39, 0.29) is 5.75 Å². The minimum absolute atomic E-state index is 0.203. The molecule has 0 fully saturated rings. The Morgan fingerprint density at radius 1 is 1.54 bits per heavy atom. The van der Waals surface area contributed by atoms with Crippen LogP contribution in [0.15, 0.2) is 12.1 Å². The quantitative estimate of drug-likeness (QED) is 0.666. The molecule has 0 saturated heterocycles. The topological polar surface area (TPSA) is 37.3 Å². The van der Waals surface area contributed by atoms with Gasteiger partial charge in [0.05, 0.1) is 0 Å². The molecular formula is C11H12O2. The molecule has 1 atom stereocenters. The predicted molar refractivity (Wildman–Crippen MR) is 50.2 cm³/mol. The highest BCUT2D eigenvalue weighted by Crippen LogP contribution is 2.36. The zero-order valence-electron chi connectivity index (χ0n) is 7.58. The van der Waals surface area contributed by atoms with Crippen molar-refractivity contribution < 1.29 is 9.90 Å². The van der Waals surface area contributed by atoms with E-state index in [1.54, 1.807) is 12.1 Å². The van der Waals surface area contributed by atoms with Gasteiger partial charge < -0.3 is 5.11 Å². The number of hydrogen-bond acceptors (Lipinski definition) is 2. The molecule has 0 spiro atoms. The lowest BCUT2D eigenvalue weighted by Gasteiger charge is -2.06. The minimum Gasteiger partial charge on any atom is -0.508 e. The van der Waals surface area contributed by atoms with E-state index in [0.29, 0.717) is 11.5 Å². The van der Waals surface area contributed by atoms with Crippen molar-refractivity contribution in [2.45, 2.75) is 25.7 Å². The van der Waals surface area contributed by atoms with Gasteiger partial charge >= 0.3 is 0 Å². The second-order valence-corrected chi connectivity index (χ2v) is 3.66. The number of carbonyl (C=O) groups is 1. The lowest BCUT2D eigenvalue weighted by Crippen LogP contribution is -1.92. The van der Waals surface area contributed by atoms with Crippen molar-refractivity contribution in [1.29, 1.82) is 0 Å². The molecule has 0 heterocycles. The largest absolute Gasteiger partial charge is 0.508 e. The lowest BCUT2D eigenvalue weighted by molar-refractivity contribution is 0.112. The number of aldehydes is 1. The van der Waals surface area contributed by atoms with Gasteiger partial charge in [0.1, 0.15) is 12.0 Å². The smallest absolute Gasteiger partial charge is 0.150 e. The average Bonchev–Trinajstić information content (AvgIpc) is 2.47. The predicted octanol–water partition coefficient (Wildman–Crippen LogP) is 2.25. The van der Waals surface area contributed by atoms with Crippen LogP contribution < -0.4 is 0 Å². The number of carbonyl (C=O) groups excluding carboxylic acids is 1. The van der Waals surface area contributed by atoms with Crippen molar-refractivity contribution in [3.8, 4) is 5.75 Å². The van der Waals surface area contributed by atoms with Crippen molar-refractivity contribution in [3.63, 3.8) is 0 Å². The van der Waals surface area contributed by atoms with E-state index in [1.165, 1.54) is 0 Å². The Bertz CT molecular complexity index is 355. The maximum Gasteiger partial charge on any atom is 0.150 e. The van der Waals surface area contributed by atoms with Crippen molar-refractivity contribution in [3.05, 3.63) is 28.8 Å². The van der Waals surface area contributed by atoms with Crippen molar-refractivity contribution in [2.75, 3.05) is 0 Å². The monoisotopic (exact) mass is 176 g/mol. The molecular weight excluding hydrogens is 164 g/mol. The lowest BCUT2D eigenvalue weighted by atomic mass is 10.00. The first-order valence-corrected chi connectivity index (χ1v) is 4.53. The Balaban J connectivity index is 2.62. The Morgan fingerprint density at radius 2 is 2.31 bits per heavy atom. The van der Waals surface area contributed by atoms with Gasteiger partial charge in [-0.3, -0.25) is 4.79 Å². The van der Waals surface area contributed by atoms with Crippen LogP contribution in [0, 0.1) is 0 Å². The number of phenols is 1. The van der Waals surface area contributed by atoms with Crippen LogP contribution in [0.2, 0.25) is 0 Å². The molecule has 2 rings (SSSR count). The maximum atomic E-state index is 10.7. The second kappa shape index (κ2) is 2.87. The van der Waals surface area contributed by atoms with Gasteiger partial charge in [-0.2, -0.15) is 0 Å². The van der Waals surface area contributed by atoms with Crippen molar-refractivity contribution in [2.24, 2.45) is 0 Å². The van der Waals surface area contributed by atoms with Gasteiger partial charge in [-0.15, -0.1) is 0 Å². The molecule has 0 radical (unpaired) electrons. The molecule has 0 saturated carbocycles. The van der Waals surface area contributed by atoms with E-state index in [0.717, 1.165) is 30.3 Å². The Morgan fingerprint density at radius 3 is 3.00 bits per heavy atom. The summed E-state index contributed by atoms with van der Waals surface area (Å²) in [5.74, 6) is 0.676. The van der Waals surface area contributed by atoms with Crippen LogP contribution in [0.4, 0.5) is 0 Å². The molecule has 1 aromatic rings. The van der Waals surface area contributed by atoms with E-state index in [4.69, 9.17) is 0 Å². The molecule has 13 heavy (non-hydrogen) atoms. The summed E-state index contributed by atoms with van der Waals surface area (Å²) in [4.78, 5) is 10.7. The summed E-state index contributed by atoms with van der Waals surface area (Å²) in [6.45, 7) is 2.12. The van der Waals surface area contributed by atoms with Gasteiger partial charge in [-0.1, -0.05) is 6.92 Å². The maximum absolute atomic E-state index is 10.7. The normalized spacial score (nSPS) is 19.9. The van der Waals surface area contributed by atoms with E-state index < -0.39 is 0 Å². The summed E-state index contributed by atoms with van der Waals surface area (Å²) in [5, 5.41) is 9.37. The summed E-state index contributed by atoms with van der Waals surface area (Å²) in [7, 11) is 0. The van der Waals surface area contributed by atoms with E-state index in [1.807, 2.05) is 0 Å².